The van der Waals surface area contributed by atoms with E-state index in [2.05, 4.69) is 12.2 Å². The van der Waals surface area contributed by atoms with Crippen molar-refractivity contribution in [3.63, 3.8) is 0 Å². The summed E-state index contributed by atoms with van der Waals surface area (Å²) in [4.78, 5) is 26.2. The number of hydrogen-bond donors (Lipinski definition) is 2. The number of benzene rings is 1. The molecule has 1 fully saturated rings. The van der Waals surface area contributed by atoms with E-state index in [0.29, 0.717) is 26.1 Å². The summed E-state index contributed by atoms with van der Waals surface area (Å²) in [5, 5.41) is 4.84. The molecule has 1 unspecified atom stereocenters. The van der Waals surface area contributed by atoms with Crippen molar-refractivity contribution in [2.24, 2.45) is 11.7 Å². The SMILES string of the molecule is Cc1c(CNC(=O)N2CCC(CC(N)=O)C2)sc2ccc(Cl)cc12. The van der Waals surface area contributed by atoms with E-state index in [1.807, 2.05) is 18.2 Å². The quantitative estimate of drug-likeness (QED) is 0.872. The van der Waals surface area contributed by atoms with Crippen molar-refractivity contribution in [2.45, 2.75) is 26.3 Å². The van der Waals surface area contributed by atoms with Crippen LogP contribution in [0.1, 0.15) is 23.3 Å². The van der Waals surface area contributed by atoms with Crippen LogP contribution in [0, 0.1) is 12.8 Å². The Morgan fingerprint density at radius 1 is 1.46 bits per heavy atom. The molecule has 0 radical (unpaired) electrons. The van der Waals surface area contributed by atoms with Gasteiger partial charge in [0.25, 0.3) is 0 Å². The number of carbonyl (C=O) groups excluding carboxylic acids is 2. The number of nitrogens with one attached hydrogen (secondary N) is 1. The molecule has 24 heavy (non-hydrogen) atoms. The van der Waals surface area contributed by atoms with Gasteiger partial charge in [-0.2, -0.15) is 0 Å². The summed E-state index contributed by atoms with van der Waals surface area (Å²) >= 11 is 7.73. The second-order valence-electron chi connectivity index (χ2n) is 6.22. The van der Waals surface area contributed by atoms with E-state index in [0.717, 1.165) is 27.3 Å². The maximum Gasteiger partial charge on any atom is 0.317 e. The van der Waals surface area contributed by atoms with Crippen LogP contribution in [-0.2, 0) is 11.3 Å². The number of fused-ring (bicyclic) bond motifs is 1. The second-order valence-corrected chi connectivity index (χ2v) is 7.79. The predicted octanol–water partition coefficient (Wildman–Crippen LogP) is 3.27. The van der Waals surface area contributed by atoms with Crippen molar-refractivity contribution >= 4 is 45.0 Å². The molecule has 1 atom stereocenters. The van der Waals surface area contributed by atoms with Crippen LogP contribution in [0.15, 0.2) is 18.2 Å². The lowest BCUT2D eigenvalue weighted by Crippen LogP contribution is -2.38. The lowest BCUT2D eigenvalue weighted by molar-refractivity contribution is -0.118. The lowest BCUT2D eigenvalue weighted by Gasteiger charge is -2.17. The molecule has 3 rings (SSSR count). The third-order valence-electron chi connectivity index (χ3n) is 4.46. The summed E-state index contributed by atoms with van der Waals surface area (Å²) in [5.74, 6) is -0.122. The Balaban J connectivity index is 1.61. The molecule has 3 N–H and O–H groups in total. The highest BCUT2D eigenvalue weighted by Gasteiger charge is 2.27. The molecule has 1 aliphatic heterocycles. The number of amides is 3. The van der Waals surface area contributed by atoms with Crippen molar-refractivity contribution in [3.8, 4) is 0 Å². The van der Waals surface area contributed by atoms with Crippen molar-refractivity contribution in [1.82, 2.24) is 10.2 Å². The number of halogens is 1. The smallest absolute Gasteiger partial charge is 0.317 e. The molecule has 1 aromatic carbocycles. The van der Waals surface area contributed by atoms with Gasteiger partial charge in [-0.05, 0) is 48.4 Å². The van der Waals surface area contributed by atoms with E-state index in [4.69, 9.17) is 17.3 Å². The van der Waals surface area contributed by atoms with Crippen LogP contribution in [-0.4, -0.2) is 29.9 Å². The highest BCUT2D eigenvalue weighted by molar-refractivity contribution is 7.19. The van der Waals surface area contributed by atoms with E-state index in [9.17, 15) is 9.59 Å². The molecule has 0 saturated carbocycles. The molecule has 3 amide bonds. The van der Waals surface area contributed by atoms with Crippen molar-refractivity contribution in [1.29, 1.82) is 0 Å². The first-order valence-electron chi connectivity index (χ1n) is 7.92. The van der Waals surface area contributed by atoms with Gasteiger partial charge in [0.05, 0.1) is 6.54 Å². The molecule has 2 aromatic rings. The third kappa shape index (κ3) is 3.65. The summed E-state index contributed by atoms with van der Waals surface area (Å²) in [6, 6.07) is 5.76. The Morgan fingerprint density at radius 3 is 3.00 bits per heavy atom. The van der Waals surface area contributed by atoms with Gasteiger partial charge >= 0.3 is 6.03 Å². The van der Waals surface area contributed by atoms with Crippen LogP contribution < -0.4 is 11.1 Å². The molecule has 0 spiro atoms. The van der Waals surface area contributed by atoms with Crippen LogP contribution in [0.3, 0.4) is 0 Å². The number of carbonyl (C=O) groups is 2. The zero-order chi connectivity index (χ0) is 17.3. The summed E-state index contributed by atoms with van der Waals surface area (Å²) < 4.78 is 1.17. The molecule has 0 aliphatic carbocycles. The number of likely N-dealkylation sites (tertiary alicyclic amines) is 1. The minimum atomic E-state index is -0.304. The average Bonchev–Trinajstić information content (AvgIpc) is 3.10. The first kappa shape index (κ1) is 17.0. The topological polar surface area (TPSA) is 75.4 Å². The molecular weight excluding hydrogens is 346 g/mol. The molecule has 1 aliphatic rings. The fourth-order valence-corrected chi connectivity index (χ4v) is 4.45. The molecule has 5 nitrogen and oxygen atoms in total. The van der Waals surface area contributed by atoms with Crippen LogP contribution in [0.25, 0.3) is 10.1 Å². The number of nitrogens with two attached hydrogens (primary N) is 1. The molecular formula is C17H20ClN3O2S. The Bertz CT molecular complexity index is 789. The Morgan fingerprint density at radius 2 is 2.25 bits per heavy atom. The van der Waals surface area contributed by atoms with E-state index < -0.39 is 0 Å². The largest absolute Gasteiger partial charge is 0.370 e. The van der Waals surface area contributed by atoms with Gasteiger partial charge in [0.1, 0.15) is 0 Å². The van der Waals surface area contributed by atoms with Crippen LogP contribution in [0.5, 0.6) is 0 Å². The van der Waals surface area contributed by atoms with Gasteiger partial charge in [0.15, 0.2) is 0 Å². The molecule has 128 valence electrons. The van der Waals surface area contributed by atoms with Crippen LogP contribution >= 0.6 is 22.9 Å². The van der Waals surface area contributed by atoms with Crippen LogP contribution in [0.4, 0.5) is 4.79 Å². The van der Waals surface area contributed by atoms with E-state index in [-0.39, 0.29) is 17.9 Å². The molecule has 2 heterocycles. The van der Waals surface area contributed by atoms with Gasteiger partial charge in [-0.1, -0.05) is 11.6 Å². The third-order valence-corrected chi connectivity index (χ3v) is 5.97. The molecule has 0 bridgehead atoms. The van der Waals surface area contributed by atoms with Crippen LogP contribution in [0.2, 0.25) is 5.02 Å². The Hall–Kier alpha value is -1.79. The van der Waals surface area contributed by atoms with E-state index in [1.165, 1.54) is 4.70 Å². The van der Waals surface area contributed by atoms with Crippen molar-refractivity contribution in [2.75, 3.05) is 13.1 Å². The second kappa shape index (κ2) is 6.99. The number of urea groups is 1. The number of nitrogens with zero attached hydrogens (tertiary/aromatic N) is 1. The number of aryl methyl sites for hydroxylation is 1. The highest BCUT2D eigenvalue weighted by atomic mass is 35.5. The van der Waals surface area contributed by atoms with E-state index in [1.54, 1.807) is 16.2 Å². The molecule has 7 heteroatoms. The lowest BCUT2D eigenvalue weighted by atomic mass is 10.1. The normalized spacial score (nSPS) is 17.4. The maximum atomic E-state index is 12.3. The Kier molecular flexibility index (Phi) is 4.96. The van der Waals surface area contributed by atoms with Gasteiger partial charge < -0.3 is 16.0 Å². The fraction of sp³-hybridized carbons (Fsp3) is 0.412. The number of thiophene rings is 1. The summed E-state index contributed by atoms with van der Waals surface area (Å²) in [6.07, 6.45) is 1.18. The fourth-order valence-electron chi connectivity index (χ4n) is 3.15. The standard InChI is InChI=1S/C17H20ClN3O2S/c1-10-13-7-12(18)2-3-14(13)24-15(10)8-20-17(23)21-5-4-11(9-21)6-16(19)22/h2-3,7,11H,4-6,8-9H2,1H3,(H2,19,22)(H,20,23). The van der Waals surface area contributed by atoms with Gasteiger partial charge in [0.2, 0.25) is 5.91 Å². The summed E-state index contributed by atoms with van der Waals surface area (Å²) in [6.45, 7) is 3.81. The van der Waals surface area contributed by atoms with Gasteiger partial charge in [-0.25, -0.2) is 4.79 Å². The number of hydrogen-bond acceptors (Lipinski definition) is 3. The Labute approximate surface area is 149 Å². The van der Waals surface area contributed by atoms with Gasteiger partial charge in [0, 0.05) is 34.1 Å². The summed E-state index contributed by atoms with van der Waals surface area (Å²) in [5.41, 5.74) is 6.38. The number of primary amides is 1. The van der Waals surface area contributed by atoms with Crippen molar-refractivity contribution < 1.29 is 9.59 Å². The minimum absolute atomic E-state index is 0.0862. The zero-order valence-electron chi connectivity index (χ0n) is 13.5. The average molecular weight is 366 g/mol. The van der Waals surface area contributed by atoms with Gasteiger partial charge in [-0.15, -0.1) is 11.3 Å². The molecule has 1 saturated heterocycles. The maximum absolute atomic E-state index is 12.3. The number of rotatable bonds is 4. The predicted molar refractivity (Wildman–Crippen MR) is 97.3 cm³/mol. The van der Waals surface area contributed by atoms with Gasteiger partial charge in [-0.3, -0.25) is 4.79 Å². The van der Waals surface area contributed by atoms with Crippen molar-refractivity contribution in [3.05, 3.63) is 33.7 Å². The first-order chi connectivity index (χ1) is 11.4. The first-order valence-corrected chi connectivity index (χ1v) is 9.12. The monoisotopic (exact) mass is 365 g/mol. The highest BCUT2D eigenvalue weighted by Crippen LogP contribution is 2.32. The minimum Gasteiger partial charge on any atom is -0.370 e. The molecule has 1 aromatic heterocycles. The van der Waals surface area contributed by atoms with E-state index >= 15 is 0 Å². The zero-order valence-corrected chi connectivity index (χ0v) is 15.0. The summed E-state index contributed by atoms with van der Waals surface area (Å²) in [7, 11) is 0.